The molecule has 1 aromatic rings. The van der Waals surface area contributed by atoms with E-state index in [4.69, 9.17) is 9.47 Å². The van der Waals surface area contributed by atoms with E-state index in [0.29, 0.717) is 5.69 Å². The van der Waals surface area contributed by atoms with Gasteiger partial charge in [-0.05, 0) is 26.8 Å². The van der Waals surface area contributed by atoms with Crippen molar-refractivity contribution in [2.45, 2.75) is 39.6 Å². The summed E-state index contributed by atoms with van der Waals surface area (Å²) in [5.74, 6) is -1.30. The van der Waals surface area contributed by atoms with Crippen LogP contribution in [0.4, 0.5) is 13.2 Å². The number of esters is 1. The number of aromatic nitrogens is 1. The van der Waals surface area contributed by atoms with Crippen LogP contribution in [0.5, 0.6) is 0 Å². The third-order valence-corrected chi connectivity index (χ3v) is 3.35. The third-order valence-electron chi connectivity index (χ3n) is 3.35. The fraction of sp³-hybridized carbons (Fsp3) is 0.500. The van der Waals surface area contributed by atoms with Crippen LogP contribution in [0.15, 0.2) is 18.7 Å². The van der Waals surface area contributed by atoms with E-state index in [1.807, 2.05) is 0 Å². The highest BCUT2D eigenvalue weighted by atomic mass is 19.4. The van der Waals surface area contributed by atoms with E-state index < -0.39 is 37.2 Å². The smallest absolute Gasteiger partial charge is 0.406 e. The highest BCUT2D eigenvalue weighted by Gasteiger charge is 2.30. The average molecular weight is 347 g/mol. The minimum absolute atomic E-state index is 0.101. The molecule has 0 saturated carbocycles. The number of rotatable bonds is 8. The minimum Gasteiger partial charge on any atom is -0.455 e. The maximum atomic E-state index is 12.6. The molecule has 24 heavy (non-hydrogen) atoms. The number of carbonyl (C=O) groups is 2. The fourth-order valence-corrected chi connectivity index (χ4v) is 2.12. The van der Waals surface area contributed by atoms with Crippen molar-refractivity contribution in [2.75, 3.05) is 13.2 Å². The van der Waals surface area contributed by atoms with Gasteiger partial charge in [0.15, 0.2) is 12.7 Å². The highest BCUT2D eigenvalue weighted by molar-refractivity contribution is 5.99. The summed E-state index contributed by atoms with van der Waals surface area (Å²) in [6.45, 7) is 6.22. The largest absolute Gasteiger partial charge is 0.455 e. The Bertz CT molecular complexity index is 620. The SMILES string of the molecule is C=CCOC(C)C(=O)OCC(=O)c1cc(C)n(CC(F)(F)F)c1C. The van der Waals surface area contributed by atoms with Gasteiger partial charge in [0.1, 0.15) is 6.54 Å². The van der Waals surface area contributed by atoms with E-state index in [0.717, 1.165) is 4.57 Å². The van der Waals surface area contributed by atoms with Gasteiger partial charge in [-0.2, -0.15) is 13.2 Å². The molecule has 8 heteroatoms. The lowest BCUT2D eigenvalue weighted by atomic mass is 10.1. The molecule has 0 amide bonds. The van der Waals surface area contributed by atoms with Crippen LogP contribution < -0.4 is 0 Å². The maximum Gasteiger partial charge on any atom is 0.406 e. The third kappa shape index (κ3) is 5.52. The van der Waals surface area contributed by atoms with Crippen LogP contribution in [-0.2, 0) is 20.8 Å². The Morgan fingerprint density at radius 3 is 2.54 bits per heavy atom. The van der Waals surface area contributed by atoms with Gasteiger partial charge in [-0.1, -0.05) is 6.08 Å². The molecule has 0 N–H and O–H groups in total. The van der Waals surface area contributed by atoms with E-state index in [-0.39, 0.29) is 17.9 Å². The van der Waals surface area contributed by atoms with Crippen molar-refractivity contribution < 1.29 is 32.2 Å². The predicted octanol–water partition coefficient (Wildman–Crippen LogP) is 2.98. The minimum atomic E-state index is -4.39. The Morgan fingerprint density at radius 1 is 1.38 bits per heavy atom. The van der Waals surface area contributed by atoms with E-state index in [2.05, 4.69) is 6.58 Å². The molecule has 1 aromatic heterocycles. The molecule has 0 aromatic carbocycles. The summed E-state index contributed by atoms with van der Waals surface area (Å²) in [6, 6.07) is 1.36. The normalized spacial score (nSPS) is 12.8. The number of ether oxygens (including phenoxy) is 2. The zero-order valence-corrected chi connectivity index (χ0v) is 13.8. The van der Waals surface area contributed by atoms with E-state index in [1.165, 1.54) is 32.9 Å². The number of nitrogens with zero attached hydrogens (tertiary/aromatic N) is 1. The van der Waals surface area contributed by atoms with Gasteiger partial charge >= 0.3 is 12.1 Å². The second-order valence-corrected chi connectivity index (χ2v) is 5.28. The first kappa shape index (κ1) is 20.0. The summed E-state index contributed by atoms with van der Waals surface area (Å²) in [6.07, 6.45) is -3.79. The number of hydrogen-bond donors (Lipinski definition) is 0. The molecule has 1 rings (SSSR count). The molecular weight excluding hydrogens is 327 g/mol. The summed E-state index contributed by atoms with van der Waals surface area (Å²) < 4.78 is 48.6. The van der Waals surface area contributed by atoms with Crippen LogP contribution in [0.1, 0.15) is 28.7 Å². The van der Waals surface area contributed by atoms with E-state index >= 15 is 0 Å². The van der Waals surface area contributed by atoms with Crippen molar-refractivity contribution in [1.29, 1.82) is 0 Å². The van der Waals surface area contributed by atoms with Crippen molar-refractivity contribution in [2.24, 2.45) is 0 Å². The molecule has 5 nitrogen and oxygen atoms in total. The van der Waals surface area contributed by atoms with Gasteiger partial charge in [-0.15, -0.1) is 6.58 Å². The Labute approximate surface area is 138 Å². The lowest BCUT2D eigenvalue weighted by molar-refractivity contribution is -0.154. The lowest BCUT2D eigenvalue weighted by Crippen LogP contribution is -2.26. The van der Waals surface area contributed by atoms with E-state index in [9.17, 15) is 22.8 Å². The Kier molecular flexibility index (Phi) is 6.77. The number of alkyl halides is 3. The van der Waals surface area contributed by atoms with Gasteiger partial charge in [-0.25, -0.2) is 4.79 Å². The molecule has 1 heterocycles. The van der Waals surface area contributed by atoms with Gasteiger partial charge < -0.3 is 14.0 Å². The number of carbonyl (C=O) groups excluding carboxylic acids is 2. The molecule has 134 valence electrons. The van der Waals surface area contributed by atoms with Crippen molar-refractivity contribution >= 4 is 11.8 Å². The molecular formula is C16H20F3NO4. The highest BCUT2D eigenvalue weighted by Crippen LogP contribution is 2.23. The Balaban J connectivity index is 2.74. The van der Waals surface area contributed by atoms with E-state index in [1.54, 1.807) is 0 Å². The van der Waals surface area contributed by atoms with Crippen LogP contribution in [0.3, 0.4) is 0 Å². The Morgan fingerprint density at radius 2 is 2.00 bits per heavy atom. The van der Waals surface area contributed by atoms with Gasteiger partial charge in [0, 0.05) is 17.0 Å². The summed E-state index contributed by atoms with van der Waals surface area (Å²) >= 11 is 0. The van der Waals surface area contributed by atoms with Gasteiger partial charge in [0.25, 0.3) is 0 Å². The molecule has 0 bridgehead atoms. The summed E-state index contributed by atoms with van der Waals surface area (Å²) in [7, 11) is 0. The molecule has 0 aliphatic heterocycles. The summed E-state index contributed by atoms with van der Waals surface area (Å²) in [5, 5.41) is 0. The van der Waals surface area contributed by atoms with Gasteiger partial charge in [0.05, 0.1) is 6.61 Å². The number of ketones is 1. The zero-order chi connectivity index (χ0) is 18.5. The summed E-state index contributed by atoms with van der Waals surface area (Å²) in [5.41, 5.74) is 0.591. The van der Waals surface area contributed by atoms with Crippen molar-refractivity contribution in [3.05, 3.63) is 35.7 Å². The van der Waals surface area contributed by atoms with Crippen LogP contribution >= 0.6 is 0 Å². The molecule has 0 radical (unpaired) electrons. The molecule has 0 aliphatic carbocycles. The maximum absolute atomic E-state index is 12.6. The standard InChI is InChI=1S/C16H20F3NO4/c1-5-6-23-12(4)15(22)24-8-14(21)13-7-10(2)20(11(13)3)9-16(17,18)19/h5,7,12H,1,6,8-9H2,2-4H3. The first-order chi connectivity index (χ1) is 11.1. The van der Waals surface area contributed by atoms with Crippen LogP contribution in [0.25, 0.3) is 0 Å². The monoisotopic (exact) mass is 347 g/mol. The zero-order valence-electron chi connectivity index (χ0n) is 13.8. The number of halogens is 3. The van der Waals surface area contributed by atoms with Crippen molar-refractivity contribution in [3.63, 3.8) is 0 Å². The quantitative estimate of drug-likeness (QED) is 0.412. The molecule has 0 spiro atoms. The first-order valence-corrected chi connectivity index (χ1v) is 7.22. The number of aryl methyl sites for hydroxylation is 1. The van der Waals surface area contributed by atoms with Crippen LogP contribution in [0, 0.1) is 13.8 Å². The number of Topliss-reactive ketones (excluding diaryl/α,β-unsaturated/α-hetero) is 1. The topological polar surface area (TPSA) is 57.5 Å². The van der Waals surface area contributed by atoms with Gasteiger partial charge in [-0.3, -0.25) is 4.79 Å². The Hall–Kier alpha value is -2.09. The predicted molar refractivity (Wildman–Crippen MR) is 80.9 cm³/mol. The van der Waals surface area contributed by atoms with Crippen molar-refractivity contribution in [1.82, 2.24) is 4.57 Å². The average Bonchev–Trinajstić information content (AvgIpc) is 2.76. The molecule has 0 aliphatic rings. The molecule has 1 unspecified atom stereocenters. The second kappa shape index (κ2) is 8.14. The van der Waals surface area contributed by atoms with Gasteiger partial charge in [0.2, 0.25) is 5.78 Å². The molecule has 0 fully saturated rings. The summed E-state index contributed by atoms with van der Waals surface area (Å²) in [4.78, 5) is 23.8. The fourth-order valence-electron chi connectivity index (χ4n) is 2.12. The molecule has 1 atom stereocenters. The first-order valence-electron chi connectivity index (χ1n) is 7.22. The lowest BCUT2D eigenvalue weighted by Gasteiger charge is -2.13. The van der Waals surface area contributed by atoms with Crippen LogP contribution in [0.2, 0.25) is 0 Å². The number of hydrogen-bond acceptors (Lipinski definition) is 4. The van der Waals surface area contributed by atoms with Crippen molar-refractivity contribution in [3.8, 4) is 0 Å². The molecule has 0 saturated heterocycles. The van der Waals surface area contributed by atoms with Crippen LogP contribution in [-0.4, -0.2) is 41.8 Å². The second-order valence-electron chi connectivity index (χ2n) is 5.28.